The molecule has 0 atom stereocenters. The van der Waals surface area contributed by atoms with Crippen LogP contribution in [-0.4, -0.2) is 15.9 Å². The van der Waals surface area contributed by atoms with E-state index in [0.717, 1.165) is 28.6 Å². The maximum atomic E-state index is 12.2. The van der Waals surface area contributed by atoms with E-state index in [9.17, 15) is 4.79 Å². The summed E-state index contributed by atoms with van der Waals surface area (Å²) in [5, 5.41) is 9.53. The van der Waals surface area contributed by atoms with Gasteiger partial charge in [-0.15, -0.1) is 0 Å². The molecule has 0 radical (unpaired) electrons. The highest BCUT2D eigenvalue weighted by Gasteiger charge is 2.18. The fourth-order valence-electron chi connectivity index (χ4n) is 3.81. The molecule has 4 rings (SSSR count). The van der Waals surface area contributed by atoms with E-state index in [1.807, 2.05) is 67.6 Å². The molecule has 3 aromatic rings. The Kier molecular flexibility index (Phi) is 6.23. The molecule has 0 aliphatic heterocycles. The molecular formula is C24H27N5O. The largest absolute Gasteiger partial charge is 0.340 e. The number of carbonyl (C=O) groups is 1. The van der Waals surface area contributed by atoms with Gasteiger partial charge in [0.2, 0.25) is 11.9 Å². The normalized spacial score (nSPS) is 13.8. The number of benzene rings is 2. The van der Waals surface area contributed by atoms with Gasteiger partial charge >= 0.3 is 0 Å². The zero-order valence-corrected chi connectivity index (χ0v) is 17.2. The van der Waals surface area contributed by atoms with Crippen molar-refractivity contribution in [1.29, 1.82) is 0 Å². The van der Waals surface area contributed by atoms with E-state index in [4.69, 9.17) is 0 Å². The van der Waals surface area contributed by atoms with Crippen molar-refractivity contribution in [3.63, 3.8) is 0 Å². The van der Waals surface area contributed by atoms with E-state index in [1.54, 1.807) is 0 Å². The first kappa shape index (κ1) is 19.9. The van der Waals surface area contributed by atoms with Crippen molar-refractivity contribution < 1.29 is 4.79 Å². The van der Waals surface area contributed by atoms with Gasteiger partial charge in [-0.2, -0.15) is 4.98 Å². The molecule has 0 bridgehead atoms. The highest BCUT2D eigenvalue weighted by atomic mass is 16.1. The first-order valence-corrected chi connectivity index (χ1v) is 10.5. The van der Waals surface area contributed by atoms with Gasteiger partial charge in [-0.25, -0.2) is 4.98 Å². The van der Waals surface area contributed by atoms with Crippen molar-refractivity contribution >= 4 is 34.7 Å². The van der Waals surface area contributed by atoms with Crippen LogP contribution in [0.5, 0.6) is 0 Å². The van der Waals surface area contributed by atoms with Crippen LogP contribution in [0.25, 0.3) is 0 Å². The molecule has 1 amide bonds. The quantitative estimate of drug-likeness (QED) is 0.467. The number of anilines is 5. The van der Waals surface area contributed by atoms with Gasteiger partial charge in [0.15, 0.2) is 0 Å². The average Bonchev–Trinajstić information content (AvgIpc) is 3.23. The maximum Gasteiger partial charge on any atom is 0.229 e. The van der Waals surface area contributed by atoms with Gasteiger partial charge in [-0.3, -0.25) is 4.79 Å². The fraction of sp³-hybridized carbons (Fsp3) is 0.292. The van der Waals surface area contributed by atoms with E-state index in [-0.39, 0.29) is 5.91 Å². The Balaban J connectivity index is 1.37. The Morgan fingerprint density at radius 2 is 1.57 bits per heavy atom. The summed E-state index contributed by atoms with van der Waals surface area (Å²) < 4.78 is 0. The molecule has 1 fully saturated rings. The standard InChI is InChI=1S/C24H27N5O/c1-17-15-22(26-19-9-3-2-4-10-19)29-24(25-17)28-21-13-11-20(12-14-21)27-23(30)16-18-7-5-6-8-18/h2-4,9-15,18H,5-8,16H2,1H3,(H,27,30)(H2,25,26,28,29). The van der Waals surface area contributed by atoms with Crippen LogP contribution < -0.4 is 16.0 Å². The number of hydrogen-bond donors (Lipinski definition) is 3. The molecule has 0 saturated heterocycles. The lowest BCUT2D eigenvalue weighted by Crippen LogP contribution is -2.15. The van der Waals surface area contributed by atoms with Crippen molar-refractivity contribution in [3.8, 4) is 0 Å². The molecule has 1 aliphatic carbocycles. The highest BCUT2D eigenvalue weighted by molar-refractivity contribution is 5.91. The molecule has 1 aliphatic rings. The van der Waals surface area contributed by atoms with Crippen LogP contribution in [0.4, 0.5) is 28.8 Å². The molecule has 1 saturated carbocycles. The van der Waals surface area contributed by atoms with Gasteiger partial charge in [0.1, 0.15) is 5.82 Å². The first-order valence-electron chi connectivity index (χ1n) is 10.5. The van der Waals surface area contributed by atoms with Crippen LogP contribution in [0.15, 0.2) is 60.7 Å². The van der Waals surface area contributed by atoms with Crippen molar-refractivity contribution in [1.82, 2.24) is 9.97 Å². The van der Waals surface area contributed by atoms with Crippen molar-refractivity contribution in [2.45, 2.75) is 39.0 Å². The third kappa shape index (κ3) is 5.56. The average molecular weight is 402 g/mol. The molecule has 30 heavy (non-hydrogen) atoms. The van der Waals surface area contributed by atoms with Gasteiger partial charge in [-0.05, 0) is 62.1 Å². The van der Waals surface area contributed by atoms with E-state index < -0.39 is 0 Å². The smallest absolute Gasteiger partial charge is 0.229 e. The van der Waals surface area contributed by atoms with Gasteiger partial charge in [0.25, 0.3) is 0 Å². The number of carbonyl (C=O) groups excluding carboxylic acids is 1. The summed E-state index contributed by atoms with van der Waals surface area (Å²) in [6, 6.07) is 19.4. The van der Waals surface area contributed by atoms with E-state index in [2.05, 4.69) is 25.9 Å². The Hall–Kier alpha value is -3.41. The Labute approximate surface area is 177 Å². The predicted octanol–water partition coefficient (Wildman–Crippen LogP) is 5.79. The van der Waals surface area contributed by atoms with Crippen molar-refractivity contribution in [2.24, 2.45) is 5.92 Å². The third-order valence-electron chi connectivity index (χ3n) is 5.27. The highest BCUT2D eigenvalue weighted by Crippen LogP contribution is 2.28. The number of aryl methyl sites for hydroxylation is 1. The Morgan fingerprint density at radius 3 is 2.30 bits per heavy atom. The van der Waals surface area contributed by atoms with Crippen molar-refractivity contribution in [3.05, 3.63) is 66.4 Å². The van der Waals surface area contributed by atoms with Gasteiger partial charge < -0.3 is 16.0 Å². The minimum atomic E-state index is 0.0984. The monoisotopic (exact) mass is 401 g/mol. The molecular weight excluding hydrogens is 374 g/mol. The lowest BCUT2D eigenvalue weighted by Gasteiger charge is -2.12. The van der Waals surface area contributed by atoms with Crippen LogP contribution in [0.3, 0.4) is 0 Å². The zero-order valence-electron chi connectivity index (χ0n) is 17.2. The van der Waals surface area contributed by atoms with Gasteiger partial charge in [-0.1, -0.05) is 31.0 Å². The summed E-state index contributed by atoms with van der Waals surface area (Å²) in [5.74, 6) is 1.89. The Morgan fingerprint density at radius 1 is 0.900 bits per heavy atom. The van der Waals surface area contributed by atoms with E-state index >= 15 is 0 Å². The predicted molar refractivity (Wildman–Crippen MR) is 121 cm³/mol. The van der Waals surface area contributed by atoms with Gasteiger partial charge in [0.05, 0.1) is 0 Å². The third-order valence-corrected chi connectivity index (χ3v) is 5.27. The van der Waals surface area contributed by atoms with Crippen molar-refractivity contribution in [2.75, 3.05) is 16.0 Å². The minimum absolute atomic E-state index is 0.0984. The van der Waals surface area contributed by atoms with Crippen LogP contribution in [0.1, 0.15) is 37.8 Å². The maximum absolute atomic E-state index is 12.2. The number of rotatable bonds is 7. The first-order chi connectivity index (χ1) is 14.6. The molecule has 2 aromatic carbocycles. The van der Waals surface area contributed by atoms with E-state index in [0.29, 0.717) is 18.3 Å². The molecule has 0 unspecified atom stereocenters. The molecule has 0 spiro atoms. The summed E-state index contributed by atoms with van der Waals surface area (Å²) in [6.07, 6.45) is 5.47. The summed E-state index contributed by atoms with van der Waals surface area (Å²) >= 11 is 0. The molecule has 1 aromatic heterocycles. The SMILES string of the molecule is Cc1cc(Nc2ccccc2)nc(Nc2ccc(NC(=O)CC3CCCC3)cc2)n1. The number of aromatic nitrogens is 2. The minimum Gasteiger partial charge on any atom is -0.340 e. The van der Waals surface area contributed by atoms with Crippen LogP contribution >= 0.6 is 0 Å². The van der Waals surface area contributed by atoms with Crippen LogP contribution in [0.2, 0.25) is 0 Å². The zero-order chi connectivity index (χ0) is 20.8. The van der Waals surface area contributed by atoms with Gasteiger partial charge in [0, 0.05) is 35.2 Å². The lowest BCUT2D eigenvalue weighted by atomic mass is 10.0. The second kappa shape index (κ2) is 9.39. The van der Waals surface area contributed by atoms with Crippen LogP contribution in [-0.2, 0) is 4.79 Å². The molecule has 6 nitrogen and oxygen atoms in total. The summed E-state index contributed by atoms with van der Waals surface area (Å²) in [5.41, 5.74) is 3.50. The topological polar surface area (TPSA) is 78.9 Å². The molecule has 6 heteroatoms. The molecule has 154 valence electrons. The number of para-hydroxylation sites is 1. The number of nitrogens with zero attached hydrogens (tertiary/aromatic N) is 2. The number of nitrogens with one attached hydrogen (secondary N) is 3. The second-order valence-electron chi connectivity index (χ2n) is 7.81. The Bertz CT molecular complexity index is 982. The molecule has 1 heterocycles. The van der Waals surface area contributed by atoms with Crippen LogP contribution in [0, 0.1) is 12.8 Å². The number of hydrogen-bond acceptors (Lipinski definition) is 5. The van der Waals surface area contributed by atoms with E-state index in [1.165, 1.54) is 25.7 Å². The molecule has 3 N–H and O–H groups in total. The summed E-state index contributed by atoms with van der Waals surface area (Å²) in [7, 11) is 0. The summed E-state index contributed by atoms with van der Waals surface area (Å²) in [6.45, 7) is 1.94. The lowest BCUT2D eigenvalue weighted by molar-refractivity contribution is -0.117. The summed E-state index contributed by atoms with van der Waals surface area (Å²) in [4.78, 5) is 21.2. The fourth-order valence-corrected chi connectivity index (χ4v) is 3.81. The second-order valence-corrected chi connectivity index (χ2v) is 7.81. The number of amides is 1.